The number of hydrogen-bond donors (Lipinski definition) is 1. The van der Waals surface area contributed by atoms with Gasteiger partial charge in [-0.15, -0.1) is 22.7 Å². The lowest BCUT2D eigenvalue weighted by Gasteiger charge is -1.98. The molecule has 24 heavy (non-hydrogen) atoms. The summed E-state index contributed by atoms with van der Waals surface area (Å²) in [5.41, 5.74) is 2.24. The van der Waals surface area contributed by atoms with Crippen LogP contribution in [0.5, 0.6) is 0 Å². The highest BCUT2D eigenvalue weighted by Gasteiger charge is 2.21. The number of para-hydroxylation sites is 1. The molecule has 0 saturated carbocycles. The van der Waals surface area contributed by atoms with Gasteiger partial charge >= 0.3 is 0 Å². The molecule has 7 heteroatoms. The average molecular weight is 353 g/mol. The van der Waals surface area contributed by atoms with Crippen LogP contribution in [0, 0.1) is 10.1 Å². The monoisotopic (exact) mass is 353 g/mol. The van der Waals surface area contributed by atoms with E-state index in [1.807, 2.05) is 35.0 Å². The first-order chi connectivity index (χ1) is 11.7. The van der Waals surface area contributed by atoms with Gasteiger partial charge in [-0.2, -0.15) is 0 Å². The van der Waals surface area contributed by atoms with E-state index in [1.54, 1.807) is 40.9 Å². The van der Waals surface area contributed by atoms with E-state index < -0.39 is 0 Å². The Morgan fingerprint density at radius 3 is 2.33 bits per heavy atom. The normalized spacial score (nSPS) is 10.8. The van der Waals surface area contributed by atoms with Crippen LogP contribution in [0.4, 0.5) is 5.69 Å². The maximum Gasteiger partial charge on any atom is 0.280 e. The molecule has 0 saturated heterocycles. The van der Waals surface area contributed by atoms with Gasteiger partial charge in [-0.1, -0.05) is 24.3 Å². The molecule has 0 amide bonds. The van der Waals surface area contributed by atoms with Crippen LogP contribution in [0.2, 0.25) is 0 Å². The molecule has 0 bridgehead atoms. The number of nitrogens with zero attached hydrogens (tertiary/aromatic N) is 2. The maximum atomic E-state index is 11.3. The zero-order chi connectivity index (χ0) is 16.5. The van der Waals surface area contributed by atoms with Gasteiger partial charge in [-0.25, -0.2) is 4.98 Å². The van der Waals surface area contributed by atoms with E-state index in [4.69, 9.17) is 0 Å². The fourth-order valence-electron chi connectivity index (χ4n) is 2.52. The van der Waals surface area contributed by atoms with Gasteiger partial charge in [-0.3, -0.25) is 10.1 Å². The van der Waals surface area contributed by atoms with E-state index >= 15 is 0 Å². The molecule has 0 aliphatic rings. The number of H-pyrrole nitrogens is 1. The third-order valence-electron chi connectivity index (χ3n) is 3.58. The molecular formula is C17H11N3O2S2. The van der Waals surface area contributed by atoms with E-state index in [-0.39, 0.29) is 10.6 Å². The van der Waals surface area contributed by atoms with Gasteiger partial charge in [0.05, 0.1) is 25.9 Å². The third kappa shape index (κ3) is 2.53. The number of hydrogen-bond acceptors (Lipinski definition) is 5. The fraction of sp³-hybridized carbons (Fsp3) is 0. The predicted octanol–water partition coefficient (Wildman–Crippen LogP) is 5.44. The number of benzene rings is 1. The van der Waals surface area contributed by atoms with Crippen LogP contribution in [0.15, 0.2) is 59.3 Å². The van der Waals surface area contributed by atoms with Crippen LogP contribution in [-0.4, -0.2) is 14.9 Å². The van der Waals surface area contributed by atoms with Crippen molar-refractivity contribution in [1.82, 2.24) is 9.97 Å². The Morgan fingerprint density at radius 1 is 0.958 bits per heavy atom. The number of aromatic nitrogens is 2. The molecule has 4 aromatic rings. The molecule has 118 valence electrons. The molecular weight excluding hydrogens is 342 g/mol. The lowest BCUT2D eigenvalue weighted by Crippen LogP contribution is -1.92. The summed E-state index contributed by atoms with van der Waals surface area (Å²) in [6.45, 7) is 0. The Bertz CT molecular complexity index is 937. The van der Waals surface area contributed by atoms with E-state index in [0.717, 1.165) is 21.1 Å². The van der Waals surface area contributed by atoms with E-state index in [9.17, 15) is 10.1 Å². The lowest BCUT2D eigenvalue weighted by atomic mass is 10.2. The van der Waals surface area contributed by atoms with Crippen molar-refractivity contribution in [3.05, 3.63) is 69.4 Å². The van der Waals surface area contributed by atoms with Gasteiger partial charge in [0.1, 0.15) is 11.5 Å². The first-order valence-corrected chi connectivity index (χ1v) is 8.91. The Labute approximate surface area is 145 Å². The molecule has 0 radical (unpaired) electrons. The molecule has 4 rings (SSSR count). The second-order valence-corrected chi connectivity index (χ2v) is 6.93. The minimum absolute atomic E-state index is 0.0432. The molecule has 0 fully saturated rings. The van der Waals surface area contributed by atoms with Gasteiger partial charge in [0.15, 0.2) is 0 Å². The van der Waals surface area contributed by atoms with Gasteiger partial charge in [0, 0.05) is 6.07 Å². The largest absolute Gasteiger partial charge is 0.337 e. The highest BCUT2D eigenvalue weighted by Crippen LogP contribution is 2.38. The second kappa shape index (κ2) is 6.03. The number of aromatic amines is 1. The van der Waals surface area contributed by atoms with Gasteiger partial charge in [0.2, 0.25) is 0 Å². The summed E-state index contributed by atoms with van der Waals surface area (Å²) < 4.78 is 0. The highest BCUT2D eigenvalue weighted by molar-refractivity contribution is 7.14. The molecule has 3 heterocycles. The minimum atomic E-state index is -0.381. The van der Waals surface area contributed by atoms with Crippen LogP contribution >= 0.6 is 22.7 Å². The molecule has 3 aromatic heterocycles. The Balaban J connectivity index is 1.93. The quantitative estimate of drug-likeness (QED) is 0.392. The van der Waals surface area contributed by atoms with Crippen molar-refractivity contribution < 1.29 is 4.92 Å². The summed E-state index contributed by atoms with van der Waals surface area (Å²) in [7, 11) is 0. The van der Waals surface area contributed by atoms with Crippen LogP contribution in [0.1, 0.15) is 0 Å². The molecule has 1 aromatic carbocycles. The van der Waals surface area contributed by atoms with Crippen molar-refractivity contribution in [3.63, 3.8) is 0 Å². The Hall–Kier alpha value is -2.77. The zero-order valence-corrected chi connectivity index (χ0v) is 13.9. The molecule has 0 unspecified atom stereocenters. The van der Waals surface area contributed by atoms with Gasteiger partial charge < -0.3 is 4.98 Å². The first kappa shape index (κ1) is 14.8. The third-order valence-corrected chi connectivity index (χ3v) is 5.35. The predicted molar refractivity (Wildman–Crippen MR) is 97.3 cm³/mol. The van der Waals surface area contributed by atoms with E-state index in [0.29, 0.717) is 11.4 Å². The molecule has 0 aliphatic heterocycles. The molecule has 1 N–H and O–H groups in total. The highest BCUT2D eigenvalue weighted by atomic mass is 32.1. The minimum Gasteiger partial charge on any atom is -0.337 e. The van der Waals surface area contributed by atoms with Crippen LogP contribution in [0.25, 0.3) is 32.5 Å². The number of nitro benzene ring substituents is 1. The van der Waals surface area contributed by atoms with Crippen molar-refractivity contribution in [2.24, 2.45) is 0 Å². The standard InChI is InChI=1S/C17H11N3O2S2/c21-20(22)12-6-2-1-5-11(12)17-18-15(13-7-3-9-23-13)16(19-17)14-8-4-10-24-14/h1-10H,(H,18,19). The van der Waals surface area contributed by atoms with E-state index in [1.165, 1.54) is 6.07 Å². The Morgan fingerprint density at radius 2 is 1.67 bits per heavy atom. The molecule has 0 aliphatic carbocycles. The van der Waals surface area contributed by atoms with Crippen LogP contribution < -0.4 is 0 Å². The maximum absolute atomic E-state index is 11.3. The summed E-state index contributed by atoms with van der Waals surface area (Å²) in [6, 6.07) is 14.6. The van der Waals surface area contributed by atoms with Crippen molar-refractivity contribution in [3.8, 4) is 32.5 Å². The van der Waals surface area contributed by atoms with Crippen LogP contribution in [0.3, 0.4) is 0 Å². The van der Waals surface area contributed by atoms with Crippen molar-refractivity contribution >= 4 is 28.4 Å². The number of thiophene rings is 2. The molecule has 5 nitrogen and oxygen atoms in total. The Kier molecular flexibility index (Phi) is 3.72. The smallest absolute Gasteiger partial charge is 0.280 e. The first-order valence-electron chi connectivity index (χ1n) is 7.15. The van der Waals surface area contributed by atoms with Crippen molar-refractivity contribution in [1.29, 1.82) is 0 Å². The summed E-state index contributed by atoms with van der Waals surface area (Å²) in [6.07, 6.45) is 0. The lowest BCUT2D eigenvalue weighted by molar-refractivity contribution is -0.384. The summed E-state index contributed by atoms with van der Waals surface area (Å²) in [4.78, 5) is 21.0. The summed E-state index contributed by atoms with van der Waals surface area (Å²) >= 11 is 3.20. The second-order valence-electron chi connectivity index (χ2n) is 5.04. The zero-order valence-electron chi connectivity index (χ0n) is 12.3. The van der Waals surface area contributed by atoms with Gasteiger partial charge in [0.25, 0.3) is 5.69 Å². The number of nitrogens with one attached hydrogen (secondary N) is 1. The topological polar surface area (TPSA) is 71.8 Å². The molecule has 0 atom stereocenters. The number of imidazole rings is 1. The van der Waals surface area contributed by atoms with Gasteiger partial charge in [-0.05, 0) is 29.0 Å². The average Bonchev–Trinajstić information content (AvgIpc) is 3.33. The fourth-order valence-corrected chi connectivity index (χ4v) is 3.97. The summed E-state index contributed by atoms with van der Waals surface area (Å²) in [5, 5.41) is 15.3. The number of nitro groups is 1. The van der Waals surface area contributed by atoms with Crippen molar-refractivity contribution in [2.45, 2.75) is 0 Å². The van der Waals surface area contributed by atoms with Crippen molar-refractivity contribution in [2.75, 3.05) is 0 Å². The van der Waals surface area contributed by atoms with E-state index in [2.05, 4.69) is 9.97 Å². The summed E-state index contributed by atoms with van der Waals surface area (Å²) in [5.74, 6) is 0.508. The number of rotatable bonds is 4. The SMILES string of the molecule is O=[N+]([O-])c1ccccc1-c1nc(-c2cccs2)c(-c2cccs2)[nH]1. The molecule has 0 spiro atoms. The van der Waals surface area contributed by atoms with Crippen LogP contribution in [-0.2, 0) is 0 Å².